The number of hydrogen-bond acceptors (Lipinski definition) is 1. The quantitative estimate of drug-likeness (QED) is 0.551. The third-order valence-electron chi connectivity index (χ3n) is 1.26. The van der Waals surface area contributed by atoms with Gasteiger partial charge in [0, 0.05) is 6.20 Å². The van der Waals surface area contributed by atoms with Crippen LogP contribution in [0.25, 0.3) is 0 Å². The molecule has 1 heterocycles. The molecular weight excluding hydrogens is 244 g/mol. The first-order valence-corrected chi connectivity index (χ1v) is 4.12. The first-order valence-electron chi connectivity index (χ1n) is 3.04. The van der Waals surface area contributed by atoms with Crippen molar-refractivity contribution in [3.63, 3.8) is 0 Å². The van der Waals surface area contributed by atoms with Gasteiger partial charge in [-0.2, -0.15) is 4.39 Å². The molecule has 0 N–H and O–H groups in total. The molecule has 1 rings (SSSR count). The molecule has 0 unspecified atom stereocenters. The molecule has 0 aliphatic rings. The van der Waals surface area contributed by atoms with E-state index in [1.807, 2.05) is 35.6 Å². The Kier molecular flexibility index (Phi) is 2.59. The van der Waals surface area contributed by atoms with Gasteiger partial charge in [-0.1, -0.05) is 6.92 Å². The predicted molar refractivity (Wildman–Crippen MR) is 46.3 cm³/mol. The fraction of sp³-hybridized carbons (Fsp3) is 0.286. The summed E-state index contributed by atoms with van der Waals surface area (Å²) in [5.41, 5.74) is 1.07. The number of pyridine rings is 1. The molecule has 1 nitrogen and oxygen atoms in total. The summed E-state index contributed by atoms with van der Waals surface area (Å²) in [6.45, 7) is 2.02. The summed E-state index contributed by atoms with van der Waals surface area (Å²) in [6.07, 6.45) is 2.47. The number of aryl methyl sites for hydroxylation is 1. The molecule has 0 amide bonds. The van der Waals surface area contributed by atoms with Crippen molar-refractivity contribution in [1.82, 2.24) is 4.98 Å². The Morgan fingerprint density at radius 3 is 2.90 bits per heavy atom. The van der Waals surface area contributed by atoms with Gasteiger partial charge in [0.2, 0.25) is 5.95 Å². The van der Waals surface area contributed by atoms with Crippen molar-refractivity contribution in [3.05, 3.63) is 27.3 Å². The molecule has 54 valence electrons. The zero-order valence-corrected chi connectivity index (χ0v) is 7.72. The summed E-state index contributed by atoms with van der Waals surface area (Å²) >= 11 is 1.94. The molecule has 0 saturated carbocycles. The van der Waals surface area contributed by atoms with Crippen molar-refractivity contribution in [2.75, 3.05) is 0 Å². The molecule has 10 heavy (non-hydrogen) atoms. The lowest BCUT2D eigenvalue weighted by atomic mass is 10.2. The van der Waals surface area contributed by atoms with Crippen molar-refractivity contribution in [2.45, 2.75) is 13.3 Å². The Labute approximate surface area is 72.8 Å². The average Bonchev–Trinajstić information content (AvgIpc) is 1.95. The van der Waals surface area contributed by atoms with Crippen LogP contribution in [0.3, 0.4) is 0 Å². The maximum Gasteiger partial charge on any atom is 0.226 e. The fourth-order valence-electron chi connectivity index (χ4n) is 0.654. The Morgan fingerprint density at radius 2 is 2.40 bits per heavy atom. The van der Waals surface area contributed by atoms with Crippen LogP contribution in [0.1, 0.15) is 12.5 Å². The Hall–Kier alpha value is -0.190. The van der Waals surface area contributed by atoms with Gasteiger partial charge in [0.15, 0.2) is 0 Å². The number of nitrogens with zero attached hydrogens (tertiary/aromatic N) is 1. The highest BCUT2D eigenvalue weighted by Crippen LogP contribution is 2.09. The van der Waals surface area contributed by atoms with Crippen LogP contribution in [0.4, 0.5) is 4.39 Å². The van der Waals surface area contributed by atoms with Crippen LogP contribution in [-0.4, -0.2) is 4.98 Å². The molecule has 1 aromatic rings. The van der Waals surface area contributed by atoms with Gasteiger partial charge in [-0.15, -0.1) is 0 Å². The molecule has 0 spiro atoms. The van der Waals surface area contributed by atoms with Crippen LogP contribution < -0.4 is 0 Å². The second-order valence-electron chi connectivity index (χ2n) is 1.97. The summed E-state index contributed by atoms with van der Waals surface area (Å²) in [6, 6.07) is 1.81. The van der Waals surface area contributed by atoms with Gasteiger partial charge < -0.3 is 0 Å². The monoisotopic (exact) mass is 251 g/mol. The van der Waals surface area contributed by atoms with Gasteiger partial charge >= 0.3 is 0 Å². The second-order valence-corrected chi connectivity index (χ2v) is 3.13. The summed E-state index contributed by atoms with van der Waals surface area (Å²) < 4.78 is 13.1. The lowest BCUT2D eigenvalue weighted by molar-refractivity contribution is 0.574. The van der Waals surface area contributed by atoms with E-state index in [2.05, 4.69) is 4.98 Å². The van der Waals surface area contributed by atoms with Gasteiger partial charge in [0.05, 0.1) is 3.57 Å². The molecular formula is C7H7FIN. The smallest absolute Gasteiger partial charge is 0.226 e. The Balaban J connectivity index is 3.04. The van der Waals surface area contributed by atoms with Crippen LogP contribution >= 0.6 is 22.6 Å². The lowest BCUT2D eigenvalue weighted by Gasteiger charge is -1.96. The second kappa shape index (κ2) is 3.27. The van der Waals surface area contributed by atoms with Crippen LogP contribution in [0.5, 0.6) is 0 Å². The Bertz CT molecular complexity index is 237. The van der Waals surface area contributed by atoms with Crippen LogP contribution in [0, 0.1) is 9.52 Å². The largest absolute Gasteiger partial charge is 0.227 e. The van der Waals surface area contributed by atoms with E-state index < -0.39 is 0 Å². The molecule has 0 atom stereocenters. The molecule has 0 aliphatic heterocycles. The van der Waals surface area contributed by atoms with Crippen LogP contribution in [0.15, 0.2) is 12.3 Å². The van der Waals surface area contributed by atoms with Crippen molar-refractivity contribution >= 4 is 22.6 Å². The number of halogens is 2. The van der Waals surface area contributed by atoms with E-state index in [-0.39, 0.29) is 5.95 Å². The summed E-state index contributed by atoms with van der Waals surface area (Å²) in [4.78, 5) is 3.58. The summed E-state index contributed by atoms with van der Waals surface area (Å²) in [5, 5.41) is 0. The van der Waals surface area contributed by atoms with Gasteiger partial charge in [0.1, 0.15) is 0 Å². The van der Waals surface area contributed by atoms with Crippen LogP contribution in [0.2, 0.25) is 0 Å². The number of aromatic nitrogens is 1. The molecule has 0 aromatic carbocycles. The molecule has 1 aromatic heterocycles. The topological polar surface area (TPSA) is 12.9 Å². The van der Waals surface area contributed by atoms with E-state index in [4.69, 9.17) is 0 Å². The van der Waals surface area contributed by atoms with Crippen LogP contribution in [-0.2, 0) is 6.42 Å². The number of rotatable bonds is 1. The van der Waals surface area contributed by atoms with Crippen molar-refractivity contribution in [1.29, 1.82) is 0 Å². The van der Waals surface area contributed by atoms with Gasteiger partial charge in [0.25, 0.3) is 0 Å². The number of hydrogen-bond donors (Lipinski definition) is 0. The predicted octanol–water partition coefficient (Wildman–Crippen LogP) is 2.39. The molecule has 3 heteroatoms. The summed E-state index contributed by atoms with van der Waals surface area (Å²) in [5.74, 6) is -0.377. The normalized spacial score (nSPS) is 9.90. The van der Waals surface area contributed by atoms with Gasteiger partial charge in [-0.05, 0) is 40.6 Å². The molecule has 0 saturated heterocycles. The zero-order valence-electron chi connectivity index (χ0n) is 5.56. The first-order chi connectivity index (χ1) is 4.74. The first kappa shape index (κ1) is 7.91. The van der Waals surface area contributed by atoms with Gasteiger partial charge in [-0.3, -0.25) is 0 Å². The maximum atomic E-state index is 12.5. The van der Waals surface area contributed by atoms with E-state index in [0.29, 0.717) is 3.57 Å². The van der Waals surface area contributed by atoms with E-state index in [1.54, 1.807) is 6.20 Å². The third-order valence-corrected chi connectivity index (χ3v) is 2.02. The minimum atomic E-state index is -0.377. The standard InChI is InChI=1S/C7H7FIN/c1-2-5-3-6(9)7(8)10-4-5/h3-4H,2H2,1H3. The highest BCUT2D eigenvalue weighted by atomic mass is 127. The van der Waals surface area contributed by atoms with Gasteiger partial charge in [-0.25, -0.2) is 4.98 Å². The summed E-state index contributed by atoms with van der Waals surface area (Å²) in [7, 11) is 0. The minimum absolute atomic E-state index is 0.377. The molecule has 0 radical (unpaired) electrons. The highest BCUT2D eigenvalue weighted by Gasteiger charge is 1.98. The van der Waals surface area contributed by atoms with E-state index in [1.165, 1.54) is 0 Å². The van der Waals surface area contributed by atoms with E-state index in [0.717, 1.165) is 12.0 Å². The zero-order chi connectivity index (χ0) is 7.56. The maximum absolute atomic E-state index is 12.5. The SMILES string of the molecule is CCc1cnc(F)c(I)c1. The average molecular weight is 251 g/mol. The molecule has 0 aliphatic carbocycles. The Morgan fingerprint density at radius 1 is 1.70 bits per heavy atom. The molecule has 0 fully saturated rings. The third kappa shape index (κ3) is 1.65. The molecule has 0 bridgehead atoms. The van der Waals surface area contributed by atoms with Crippen molar-refractivity contribution in [3.8, 4) is 0 Å². The minimum Gasteiger partial charge on any atom is -0.227 e. The van der Waals surface area contributed by atoms with E-state index >= 15 is 0 Å². The highest BCUT2D eigenvalue weighted by molar-refractivity contribution is 14.1. The van der Waals surface area contributed by atoms with E-state index in [9.17, 15) is 4.39 Å². The van der Waals surface area contributed by atoms with Crippen molar-refractivity contribution in [2.24, 2.45) is 0 Å². The lowest BCUT2D eigenvalue weighted by Crippen LogP contribution is -1.90. The van der Waals surface area contributed by atoms with Crippen molar-refractivity contribution < 1.29 is 4.39 Å². The fourth-order valence-corrected chi connectivity index (χ4v) is 1.19.